The molecule has 0 spiro atoms. The number of nitrogens with one attached hydrogen (secondary N) is 1. The Bertz CT molecular complexity index is 490. The van der Waals surface area contributed by atoms with Gasteiger partial charge in [0.1, 0.15) is 0 Å². The highest BCUT2D eigenvalue weighted by molar-refractivity contribution is 9.10. The van der Waals surface area contributed by atoms with Gasteiger partial charge in [0.25, 0.3) is 0 Å². The van der Waals surface area contributed by atoms with Gasteiger partial charge in [0, 0.05) is 26.5 Å². The molecular weight excluding hydrogens is 282 g/mol. The van der Waals surface area contributed by atoms with Crippen molar-refractivity contribution in [3.05, 3.63) is 50.1 Å². The van der Waals surface area contributed by atoms with Gasteiger partial charge in [0.05, 0.1) is 0 Å². The second kappa shape index (κ2) is 5.02. The third-order valence-electron chi connectivity index (χ3n) is 2.37. The Morgan fingerprint density at radius 3 is 2.62 bits per heavy atom. The van der Waals surface area contributed by atoms with Gasteiger partial charge in [0.2, 0.25) is 0 Å². The van der Waals surface area contributed by atoms with Gasteiger partial charge in [0.15, 0.2) is 0 Å². The maximum atomic E-state index is 3.57. The van der Waals surface area contributed by atoms with E-state index in [0.29, 0.717) is 0 Å². The molecule has 0 radical (unpaired) electrons. The molecule has 0 atom stereocenters. The van der Waals surface area contributed by atoms with Gasteiger partial charge < -0.3 is 5.32 Å². The largest absolute Gasteiger partial charge is 0.379 e. The van der Waals surface area contributed by atoms with Crippen molar-refractivity contribution in [1.82, 2.24) is 0 Å². The molecule has 0 aliphatic carbocycles. The number of benzene rings is 1. The summed E-state index contributed by atoms with van der Waals surface area (Å²) in [4.78, 5) is 2.73. The molecule has 1 aromatic carbocycles. The molecule has 1 N–H and O–H groups in total. The summed E-state index contributed by atoms with van der Waals surface area (Å²) in [5.41, 5.74) is 2.42. The quantitative estimate of drug-likeness (QED) is 0.862. The molecule has 2 aromatic rings. The minimum absolute atomic E-state index is 0.889. The van der Waals surface area contributed by atoms with Gasteiger partial charge in [-0.3, -0.25) is 0 Å². The highest BCUT2D eigenvalue weighted by Gasteiger charge is 2.00. The van der Waals surface area contributed by atoms with E-state index in [1.165, 1.54) is 15.3 Å². The van der Waals surface area contributed by atoms with E-state index in [4.69, 9.17) is 0 Å². The van der Waals surface area contributed by atoms with Crippen LogP contribution in [0, 0.1) is 13.8 Å². The first-order valence-electron chi connectivity index (χ1n) is 5.20. The minimum Gasteiger partial charge on any atom is -0.379 e. The average Bonchev–Trinajstić information content (AvgIpc) is 2.63. The molecule has 0 unspecified atom stereocenters. The van der Waals surface area contributed by atoms with Crippen LogP contribution in [0.4, 0.5) is 5.69 Å². The molecule has 2 rings (SSSR count). The van der Waals surface area contributed by atoms with Crippen LogP contribution in [0.25, 0.3) is 0 Å². The van der Waals surface area contributed by atoms with Gasteiger partial charge in [-0.05, 0) is 59.6 Å². The van der Waals surface area contributed by atoms with Crippen molar-refractivity contribution in [1.29, 1.82) is 0 Å². The SMILES string of the molecule is Cc1ccc(NCc2ccc(C)s2)c(Br)c1. The smallest absolute Gasteiger partial charge is 0.0494 e. The van der Waals surface area contributed by atoms with Crippen molar-refractivity contribution < 1.29 is 0 Å². The van der Waals surface area contributed by atoms with Gasteiger partial charge in [-0.1, -0.05) is 6.07 Å². The molecule has 0 fully saturated rings. The monoisotopic (exact) mass is 295 g/mol. The topological polar surface area (TPSA) is 12.0 Å². The van der Waals surface area contributed by atoms with Crippen molar-refractivity contribution in [3.63, 3.8) is 0 Å². The molecule has 84 valence electrons. The zero-order valence-electron chi connectivity index (χ0n) is 9.38. The van der Waals surface area contributed by atoms with Crippen molar-refractivity contribution in [2.75, 3.05) is 5.32 Å². The summed E-state index contributed by atoms with van der Waals surface area (Å²) in [5, 5.41) is 3.43. The molecule has 1 aromatic heterocycles. The molecule has 1 nitrogen and oxygen atoms in total. The van der Waals surface area contributed by atoms with E-state index in [2.05, 4.69) is 65.4 Å². The van der Waals surface area contributed by atoms with Crippen LogP contribution >= 0.6 is 27.3 Å². The predicted molar refractivity (Wildman–Crippen MR) is 75.3 cm³/mol. The Morgan fingerprint density at radius 2 is 2.00 bits per heavy atom. The van der Waals surface area contributed by atoms with Crippen molar-refractivity contribution >= 4 is 33.0 Å². The summed E-state index contributed by atoms with van der Waals surface area (Å²) in [6.45, 7) is 5.12. The third kappa shape index (κ3) is 2.86. The summed E-state index contributed by atoms with van der Waals surface area (Å²) in [7, 11) is 0. The van der Waals surface area contributed by atoms with Gasteiger partial charge in [-0.2, -0.15) is 0 Å². The Hall–Kier alpha value is -0.800. The second-order valence-electron chi connectivity index (χ2n) is 3.85. The van der Waals surface area contributed by atoms with Crippen molar-refractivity contribution in [2.24, 2.45) is 0 Å². The van der Waals surface area contributed by atoms with Crippen LogP contribution in [0.3, 0.4) is 0 Å². The predicted octanol–water partition coefficient (Wildman–Crippen LogP) is 4.74. The second-order valence-corrected chi connectivity index (χ2v) is 6.08. The van der Waals surface area contributed by atoms with E-state index < -0.39 is 0 Å². The Labute approximate surface area is 109 Å². The number of thiophene rings is 1. The van der Waals surface area contributed by atoms with E-state index in [9.17, 15) is 0 Å². The van der Waals surface area contributed by atoms with E-state index in [1.54, 1.807) is 0 Å². The highest BCUT2D eigenvalue weighted by Crippen LogP contribution is 2.24. The van der Waals surface area contributed by atoms with E-state index in [0.717, 1.165) is 16.7 Å². The number of aryl methyl sites for hydroxylation is 2. The zero-order chi connectivity index (χ0) is 11.5. The zero-order valence-corrected chi connectivity index (χ0v) is 11.8. The molecule has 0 saturated carbocycles. The average molecular weight is 296 g/mol. The molecule has 1 heterocycles. The van der Waals surface area contributed by atoms with E-state index in [1.807, 2.05) is 11.3 Å². The lowest BCUT2D eigenvalue weighted by Gasteiger charge is -2.07. The number of anilines is 1. The number of hydrogen-bond donors (Lipinski definition) is 1. The fraction of sp³-hybridized carbons (Fsp3) is 0.231. The van der Waals surface area contributed by atoms with Gasteiger partial charge in [-0.25, -0.2) is 0 Å². The minimum atomic E-state index is 0.889. The standard InChI is InChI=1S/C13H14BrNS/c1-9-3-6-13(12(14)7-9)15-8-11-5-4-10(2)16-11/h3-7,15H,8H2,1-2H3. The molecule has 0 saturated heterocycles. The van der Waals surface area contributed by atoms with Crippen LogP contribution in [0.1, 0.15) is 15.3 Å². The molecule has 0 bridgehead atoms. The van der Waals surface area contributed by atoms with E-state index in [-0.39, 0.29) is 0 Å². The van der Waals surface area contributed by atoms with Gasteiger partial charge >= 0.3 is 0 Å². The third-order valence-corrected chi connectivity index (χ3v) is 4.03. The summed E-state index contributed by atoms with van der Waals surface area (Å²) in [6, 6.07) is 10.7. The van der Waals surface area contributed by atoms with Crippen LogP contribution in [0.2, 0.25) is 0 Å². The van der Waals surface area contributed by atoms with Crippen LogP contribution in [-0.2, 0) is 6.54 Å². The molecule has 0 amide bonds. The number of halogens is 1. The summed E-state index contributed by atoms with van der Waals surface area (Å²) < 4.78 is 1.13. The first kappa shape index (κ1) is 11.7. The Kier molecular flexibility index (Phi) is 3.66. The molecule has 3 heteroatoms. The number of rotatable bonds is 3. The van der Waals surface area contributed by atoms with Gasteiger partial charge in [-0.15, -0.1) is 11.3 Å². The van der Waals surface area contributed by atoms with Crippen LogP contribution in [-0.4, -0.2) is 0 Å². The normalized spacial score (nSPS) is 10.4. The summed E-state index contributed by atoms with van der Waals surface area (Å²) >= 11 is 5.40. The first-order chi connectivity index (χ1) is 7.65. The van der Waals surface area contributed by atoms with Crippen LogP contribution in [0.15, 0.2) is 34.8 Å². The van der Waals surface area contributed by atoms with Crippen molar-refractivity contribution in [2.45, 2.75) is 20.4 Å². The molecular formula is C13H14BrNS. The number of hydrogen-bond acceptors (Lipinski definition) is 2. The lowest BCUT2D eigenvalue weighted by molar-refractivity contribution is 1.19. The van der Waals surface area contributed by atoms with Crippen LogP contribution in [0.5, 0.6) is 0 Å². The Balaban J connectivity index is 2.04. The van der Waals surface area contributed by atoms with E-state index >= 15 is 0 Å². The maximum Gasteiger partial charge on any atom is 0.0494 e. The fourth-order valence-electron chi connectivity index (χ4n) is 1.53. The molecule has 16 heavy (non-hydrogen) atoms. The molecule has 0 aliphatic rings. The lowest BCUT2D eigenvalue weighted by atomic mass is 10.2. The maximum absolute atomic E-state index is 3.57. The highest BCUT2D eigenvalue weighted by atomic mass is 79.9. The Morgan fingerprint density at radius 1 is 1.19 bits per heavy atom. The van der Waals surface area contributed by atoms with Crippen LogP contribution < -0.4 is 5.32 Å². The summed E-state index contributed by atoms with van der Waals surface area (Å²) in [5.74, 6) is 0. The fourth-order valence-corrected chi connectivity index (χ4v) is 2.99. The lowest BCUT2D eigenvalue weighted by Crippen LogP contribution is -1.98. The molecule has 0 aliphatic heterocycles. The first-order valence-corrected chi connectivity index (χ1v) is 6.81. The van der Waals surface area contributed by atoms with Crippen molar-refractivity contribution in [3.8, 4) is 0 Å². The summed E-state index contributed by atoms with van der Waals surface area (Å²) in [6.07, 6.45) is 0.